The molecule has 0 saturated carbocycles. The first-order chi connectivity index (χ1) is 13.9. The SMILES string of the molecule is Fc1ccccc1Cc1nnc(N2CCC(Oc3ccc(C(F)(F)F)cn3)C2)s1. The van der Waals surface area contributed by atoms with Crippen LogP contribution in [0.25, 0.3) is 0 Å². The number of alkyl halides is 3. The summed E-state index contributed by atoms with van der Waals surface area (Å²) < 4.78 is 57.3. The molecule has 0 spiro atoms. The second kappa shape index (κ2) is 7.94. The van der Waals surface area contributed by atoms with E-state index in [0.29, 0.717) is 41.6 Å². The Kier molecular flexibility index (Phi) is 5.35. The lowest BCUT2D eigenvalue weighted by Gasteiger charge is -2.15. The number of halogens is 4. The van der Waals surface area contributed by atoms with Crippen LogP contribution in [-0.2, 0) is 12.6 Å². The normalized spacial score (nSPS) is 17.0. The molecular weight excluding hydrogens is 408 g/mol. The van der Waals surface area contributed by atoms with Crippen LogP contribution in [-0.4, -0.2) is 34.4 Å². The molecule has 1 atom stereocenters. The van der Waals surface area contributed by atoms with Gasteiger partial charge in [0.2, 0.25) is 11.0 Å². The number of hydrogen-bond acceptors (Lipinski definition) is 6. The summed E-state index contributed by atoms with van der Waals surface area (Å²) in [5.41, 5.74) is -0.250. The van der Waals surface area contributed by atoms with E-state index < -0.39 is 11.7 Å². The molecular formula is C19H16F4N4OS. The summed E-state index contributed by atoms with van der Waals surface area (Å²) in [5.74, 6) is -0.120. The van der Waals surface area contributed by atoms with Gasteiger partial charge in [0.25, 0.3) is 0 Å². The largest absolute Gasteiger partial charge is 0.472 e. The zero-order valence-electron chi connectivity index (χ0n) is 15.1. The predicted octanol–water partition coefficient (Wildman–Crippen LogP) is 4.34. The van der Waals surface area contributed by atoms with Crippen molar-refractivity contribution in [2.24, 2.45) is 0 Å². The second-order valence-corrected chi connectivity index (χ2v) is 7.64. The van der Waals surface area contributed by atoms with Crippen LogP contribution in [0, 0.1) is 5.82 Å². The first-order valence-electron chi connectivity index (χ1n) is 8.89. The molecule has 1 saturated heterocycles. The van der Waals surface area contributed by atoms with Gasteiger partial charge in [0, 0.05) is 31.6 Å². The molecule has 2 aromatic heterocycles. The molecule has 3 heterocycles. The van der Waals surface area contributed by atoms with E-state index in [2.05, 4.69) is 15.2 Å². The van der Waals surface area contributed by atoms with Gasteiger partial charge in [-0.15, -0.1) is 10.2 Å². The number of anilines is 1. The van der Waals surface area contributed by atoms with Gasteiger partial charge in [-0.25, -0.2) is 9.37 Å². The molecule has 4 rings (SSSR count). The van der Waals surface area contributed by atoms with Crippen molar-refractivity contribution in [1.82, 2.24) is 15.2 Å². The molecule has 1 unspecified atom stereocenters. The Labute approximate surface area is 168 Å². The topological polar surface area (TPSA) is 51.1 Å². The molecule has 0 bridgehead atoms. The number of ether oxygens (including phenoxy) is 1. The molecule has 10 heteroatoms. The molecule has 0 N–H and O–H groups in total. The average Bonchev–Trinajstić information content (AvgIpc) is 3.33. The quantitative estimate of drug-likeness (QED) is 0.571. The van der Waals surface area contributed by atoms with Crippen molar-refractivity contribution >= 4 is 16.5 Å². The lowest BCUT2D eigenvalue weighted by Crippen LogP contribution is -2.24. The Hall–Kier alpha value is -2.75. The van der Waals surface area contributed by atoms with Gasteiger partial charge in [0.15, 0.2) is 0 Å². The number of benzene rings is 1. The van der Waals surface area contributed by atoms with Crippen LogP contribution in [0.3, 0.4) is 0 Å². The third kappa shape index (κ3) is 4.64. The van der Waals surface area contributed by atoms with Crippen LogP contribution in [0.15, 0.2) is 42.6 Å². The highest BCUT2D eigenvalue weighted by Gasteiger charge is 2.31. The molecule has 5 nitrogen and oxygen atoms in total. The Morgan fingerprint density at radius 1 is 1.14 bits per heavy atom. The summed E-state index contributed by atoms with van der Waals surface area (Å²) in [6.45, 7) is 1.21. The van der Waals surface area contributed by atoms with Crippen LogP contribution in [0.2, 0.25) is 0 Å². The minimum atomic E-state index is -4.42. The zero-order valence-corrected chi connectivity index (χ0v) is 15.9. The molecule has 0 radical (unpaired) electrons. The summed E-state index contributed by atoms with van der Waals surface area (Å²) >= 11 is 1.39. The van der Waals surface area contributed by atoms with E-state index >= 15 is 0 Å². The van der Waals surface area contributed by atoms with E-state index in [0.717, 1.165) is 12.3 Å². The van der Waals surface area contributed by atoms with E-state index in [4.69, 9.17) is 4.74 Å². The maximum atomic E-state index is 13.8. The van der Waals surface area contributed by atoms with Gasteiger partial charge in [-0.1, -0.05) is 29.5 Å². The smallest absolute Gasteiger partial charge is 0.417 e. The highest BCUT2D eigenvalue weighted by molar-refractivity contribution is 7.15. The fourth-order valence-corrected chi connectivity index (χ4v) is 3.93. The number of aromatic nitrogens is 3. The zero-order chi connectivity index (χ0) is 20.4. The minimum Gasteiger partial charge on any atom is -0.472 e. The summed E-state index contributed by atoms with van der Waals surface area (Å²) in [5, 5.41) is 9.74. The first-order valence-corrected chi connectivity index (χ1v) is 9.71. The number of pyridine rings is 1. The minimum absolute atomic E-state index is 0.155. The Morgan fingerprint density at radius 3 is 2.69 bits per heavy atom. The predicted molar refractivity (Wildman–Crippen MR) is 99.6 cm³/mol. The molecule has 152 valence electrons. The van der Waals surface area contributed by atoms with Gasteiger partial charge in [-0.05, 0) is 17.7 Å². The summed E-state index contributed by atoms with van der Waals surface area (Å²) in [6, 6.07) is 8.72. The second-order valence-electron chi connectivity index (χ2n) is 6.60. The van der Waals surface area contributed by atoms with Crippen molar-refractivity contribution in [3.8, 4) is 5.88 Å². The van der Waals surface area contributed by atoms with Crippen LogP contribution in [0.4, 0.5) is 22.7 Å². The third-order valence-corrected chi connectivity index (χ3v) is 5.51. The van der Waals surface area contributed by atoms with Gasteiger partial charge in [0.05, 0.1) is 12.1 Å². The van der Waals surface area contributed by atoms with Gasteiger partial charge in [-0.3, -0.25) is 0 Å². The molecule has 3 aromatic rings. The summed E-state index contributed by atoms with van der Waals surface area (Å²) in [4.78, 5) is 5.74. The van der Waals surface area contributed by atoms with Crippen molar-refractivity contribution < 1.29 is 22.3 Å². The van der Waals surface area contributed by atoms with Crippen molar-refractivity contribution in [3.05, 3.63) is 64.5 Å². The van der Waals surface area contributed by atoms with Crippen molar-refractivity contribution in [2.75, 3.05) is 18.0 Å². The van der Waals surface area contributed by atoms with Crippen LogP contribution in [0.5, 0.6) is 5.88 Å². The maximum absolute atomic E-state index is 13.8. The highest BCUT2D eigenvalue weighted by Crippen LogP contribution is 2.30. The highest BCUT2D eigenvalue weighted by atomic mass is 32.1. The molecule has 0 aliphatic carbocycles. The maximum Gasteiger partial charge on any atom is 0.417 e. The monoisotopic (exact) mass is 424 g/mol. The molecule has 29 heavy (non-hydrogen) atoms. The third-order valence-electron chi connectivity index (χ3n) is 4.52. The number of hydrogen-bond donors (Lipinski definition) is 0. The average molecular weight is 424 g/mol. The van der Waals surface area contributed by atoms with Crippen LogP contribution < -0.4 is 9.64 Å². The van der Waals surface area contributed by atoms with E-state index in [1.165, 1.54) is 23.5 Å². The lowest BCUT2D eigenvalue weighted by molar-refractivity contribution is -0.137. The van der Waals surface area contributed by atoms with Gasteiger partial charge < -0.3 is 9.64 Å². The molecule has 1 fully saturated rings. The van der Waals surface area contributed by atoms with Crippen molar-refractivity contribution in [2.45, 2.75) is 25.1 Å². The van der Waals surface area contributed by atoms with Crippen molar-refractivity contribution in [3.63, 3.8) is 0 Å². The number of rotatable bonds is 5. The fraction of sp³-hybridized carbons (Fsp3) is 0.316. The summed E-state index contributed by atoms with van der Waals surface area (Å²) in [7, 11) is 0. The van der Waals surface area contributed by atoms with E-state index in [1.807, 2.05) is 4.90 Å². The molecule has 1 aliphatic rings. The summed E-state index contributed by atoms with van der Waals surface area (Å²) in [6.07, 6.45) is -2.81. The molecule has 0 amide bonds. The Balaban J connectivity index is 1.35. The lowest BCUT2D eigenvalue weighted by atomic mass is 10.1. The van der Waals surface area contributed by atoms with Gasteiger partial charge in [0.1, 0.15) is 16.9 Å². The van der Waals surface area contributed by atoms with Gasteiger partial charge >= 0.3 is 6.18 Å². The first kappa shape index (κ1) is 19.6. The van der Waals surface area contributed by atoms with Gasteiger partial charge in [-0.2, -0.15) is 13.2 Å². The van der Waals surface area contributed by atoms with E-state index in [1.54, 1.807) is 18.2 Å². The van der Waals surface area contributed by atoms with Crippen LogP contribution in [0.1, 0.15) is 22.6 Å². The molecule has 1 aromatic carbocycles. The van der Waals surface area contributed by atoms with E-state index in [9.17, 15) is 17.6 Å². The Morgan fingerprint density at radius 2 is 1.97 bits per heavy atom. The number of nitrogens with zero attached hydrogens (tertiary/aromatic N) is 4. The standard InChI is InChI=1S/C19H16F4N4OS/c20-15-4-2-1-3-12(15)9-17-25-26-18(29-17)27-8-7-14(11-27)28-16-6-5-13(10-24-16)19(21,22)23/h1-6,10,14H,7-9,11H2. The fourth-order valence-electron chi connectivity index (χ4n) is 3.04. The molecule has 1 aliphatic heterocycles. The Bertz CT molecular complexity index is 977. The van der Waals surface area contributed by atoms with Crippen LogP contribution >= 0.6 is 11.3 Å². The van der Waals surface area contributed by atoms with Crippen molar-refractivity contribution in [1.29, 1.82) is 0 Å². The van der Waals surface area contributed by atoms with E-state index in [-0.39, 0.29) is 17.8 Å².